The molecular formula is C16H21N5O2S. The lowest BCUT2D eigenvalue weighted by Crippen LogP contribution is -2.47. The molecule has 1 saturated heterocycles. The molecule has 1 fully saturated rings. The Bertz CT molecular complexity index is 722. The summed E-state index contributed by atoms with van der Waals surface area (Å²) < 4.78 is 1.85. The molecule has 1 atom stereocenters. The quantitative estimate of drug-likeness (QED) is 0.847. The molecule has 1 amide bonds. The summed E-state index contributed by atoms with van der Waals surface area (Å²) in [5, 5.41) is 9.06. The Morgan fingerprint density at radius 1 is 1.46 bits per heavy atom. The topological polar surface area (TPSA) is 63.5 Å². The first-order valence-corrected chi connectivity index (χ1v) is 9.19. The monoisotopic (exact) mass is 347 g/mol. The molecule has 2 aromatic rings. The van der Waals surface area contributed by atoms with Crippen LogP contribution in [-0.2, 0) is 22.7 Å². The van der Waals surface area contributed by atoms with Gasteiger partial charge in [0.15, 0.2) is 0 Å². The van der Waals surface area contributed by atoms with Crippen LogP contribution < -0.4 is 0 Å². The number of amides is 1. The van der Waals surface area contributed by atoms with Crippen molar-refractivity contribution in [3.8, 4) is 0 Å². The maximum absolute atomic E-state index is 12.9. The third kappa shape index (κ3) is 3.09. The number of hydroxylamine groups is 2. The highest BCUT2D eigenvalue weighted by Crippen LogP contribution is 2.25. The molecule has 2 aromatic heterocycles. The highest BCUT2D eigenvalue weighted by atomic mass is 32.1. The van der Waals surface area contributed by atoms with E-state index in [0.29, 0.717) is 19.7 Å². The lowest BCUT2D eigenvalue weighted by Gasteiger charge is -2.36. The van der Waals surface area contributed by atoms with E-state index >= 15 is 0 Å². The van der Waals surface area contributed by atoms with Gasteiger partial charge in [-0.05, 0) is 25.8 Å². The van der Waals surface area contributed by atoms with E-state index in [4.69, 9.17) is 4.84 Å². The molecule has 0 aliphatic carbocycles. The van der Waals surface area contributed by atoms with Crippen molar-refractivity contribution < 1.29 is 9.63 Å². The average molecular weight is 347 g/mol. The second kappa shape index (κ2) is 6.62. The van der Waals surface area contributed by atoms with Crippen molar-refractivity contribution in [2.75, 3.05) is 19.7 Å². The Morgan fingerprint density at radius 2 is 2.38 bits per heavy atom. The Balaban J connectivity index is 1.53. The van der Waals surface area contributed by atoms with Gasteiger partial charge in [-0.25, -0.2) is 10.0 Å². The fourth-order valence-electron chi connectivity index (χ4n) is 3.31. The van der Waals surface area contributed by atoms with Crippen LogP contribution in [0.5, 0.6) is 0 Å². The third-order valence-corrected chi connectivity index (χ3v) is 5.27. The zero-order valence-corrected chi connectivity index (χ0v) is 14.5. The van der Waals surface area contributed by atoms with Gasteiger partial charge in [-0.3, -0.25) is 19.2 Å². The van der Waals surface area contributed by atoms with Gasteiger partial charge < -0.3 is 0 Å². The largest absolute Gasteiger partial charge is 0.289 e. The Labute approximate surface area is 144 Å². The second-order valence-electron chi connectivity index (χ2n) is 6.29. The Hall–Kier alpha value is -1.77. The molecule has 0 radical (unpaired) electrons. The van der Waals surface area contributed by atoms with Gasteiger partial charge in [0.2, 0.25) is 0 Å². The van der Waals surface area contributed by atoms with E-state index in [0.717, 1.165) is 42.3 Å². The summed E-state index contributed by atoms with van der Waals surface area (Å²) in [5.41, 5.74) is 2.12. The van der Waals surface area contributed by atoms with Gasteiger partial charge >= 0.3 is 0 Å². The number of nitrogens with zero attached hydrogens (tertiary/aromatic N) is 5. The van der Waals surface area contributed by atoms with Crippen LogP contribution in [0.1, 0.15) is 35.3 Å². The minimum Gasteiger partial charge on any atom is -0.289 e. The van der Waals surface area contributed by atoms with Crippen molar-refractivity contribution in [1.29, 1.82) is 0 Å². The molecule has 2 aliphatic heterocycles. The number of carbonyl (C=O) groups is 1. The first kappa shape index (κ1) is 15.7. The van der Waals surface area contributed by atoms with Crippen LogP contribution in [0, 0.1) is 6.92 Å². The van der Waals surface area contributed by atoms with Gasteiger partial charge in [0, 0.05) is 37.8 Å². The number of thiazole rings is 1. The summed E-state index contributed by atoms with van der Waals surface area (Å²) in [6, 6.07) is 1.65. The van der Waals surface area contributed by atoms with Crippen molar-refractivity contribution in [2.24, 2.45) is 0 Å². The molecule has 4 rings (SSSR count). The van der Waals surface area contributed by atoms with Gasteiger partial charge in [-0.1, -0.05) is 0 Å². The predicted octanol–water partition coefficient (Wildman–Crippen LogP) is 1.76. The zero-order chi connectivity index (χ0) is 16.5. The Morgan fingerprint density at radius 3 is 3.12 bits per heavy atom. The molecule has 0 bridgehead atoms. The van der Waals surface area contributed by atoms with Crippen LogP contribution >= 0.6 is 11.3 Å². The Kier molecular flexibility index (Phi) is 4.34. The highest BCUT2D eigenvalue weighted by molar-refractivity contribution is 7.09. The molecule has 0 spiro atoms. The lowest BCUT2D eigenvalue weighted by molar-refractivity contribution is -0.201. The van der Waals surface area contributed by atoms with Crippen LogP contribution in [0.4, 0.5) is 0 Å². The van der Waals surface area contributed by atoms with Crippen molar-refractivity contribution in [1.82, 2.24) is 24.7 Å². The summed E-state index contributed by atoms with van der Waals surface area (Å²) in [7, 11) is 0. The summed E-state index contributed by atoms with van der Waals surface area (Å²) in [4.78, 5) is 25.3. The molecule has 0 saturated carbocycles. The van der Waals surface area contributed by atoms with Crippen LogP contribution in [-0.4, -0.2) is 50.3 Å². The number of carbonyl (C=O) groups excluding carboxylic acids is 1. The van der Waals surface area contributed by atoms with E-state index in [-0.39, 0.29) is 11.9 Å². The molecule has 8 heteroatoms. The van der Waals surface area contributed by atoms with Crippen molar-refractivity contribution >= 4 is 17.2 Å². The second-order valence-corrected chi connectivity index (χ2v) is 7.35. The van der Waals surface area contributed by atoms with Crippen molar-refractivity contribution in [2.45, 2.75) is 38.9 Å². The molecule has 128 valence electrons. The molecule has 4 heterocycles. The van der Waals surface area contributed by atoms with Gasteiger partial charge in [-0.15, -0.1) is 11.3 Å². The standard InChI is InChI=1S/C16H21N5O2S/c1-12-18-13(11-24-12)8-19-9-14-4-5-17-21(14)15(10-19)16(22)20-6-2-3-7-23-20/h4-5,11,15H,2-3,6-10H2,1H3/t15-/m0/s1. The van der Waals surface area contributed by atoms with E-state index in [1.807, 2.05) is 17.7 Å². The summed E-state index contributed by atoms with van der Waals surface area (Å²) in [6.45, 7) is 5.45. The van der Waals surface area contributed by atoms with Gasteiger partial charge in [0.25, 0.3) is 5.91 Å². The van der Waals surface area contributed by atoms with E-state index in [9.17, 15) is 4.79 Å². The number of fused-ring (bicyclic) bond motifs is 1. The van der Waals surface area contributed by atoms with Crippen LogP contribution in [0.15, 0.2) is 17.6 Å². The van der Waals surface area contributed by atoms with Gasteiger partial charge in [0.05, 0.1) is 23.0 Å². The summed E-state index contributed by atoms with van der Waals surface area (Å²) in [5.74, 6) is -0.00110. The zero-order valence-electron chi connectivity index (χ0n) is 13.7. The summed E-state index contributed by atoms with van der Waals surface area (Å²) >= 11 is 1.66. The first-order valence-electron chi connectivity index (χ1n) is 8.31. The number of aromatic nitrogens is 3. The molecule has 0 unspecified atom stereocenters. The number of aryl methyl sites for hydroxylation is 1. The lowest BCUT2D eigenvalue weighted by atomic mass is 10.1. The fraction of sp³-hybridized carbons (Fsp3) is 0.562. The number of hydrogen-bond acceptors (Lipinski definition) is 6. The third-order valence-electron chi connectivity index (χ3n) is 4.45. The van der Waals surface area contributed by atoms with Gasteiger partial charge in [0.1, 0.15) is 6.04 Å². The SMILES string of the molecule is Cc1nc(CN2Cc3ccnn3[C@H](C(=O)N3CCCCO3)C2)cs1. The van der Waals surface area contributed by atoms with Crippen LogP contribution in [0.25, 0.3) is 0 Å². The van der Waals surface area contributed by atoms with E-state index in [1.54, 1.807) is 17.5 Å². The minimum absolute atomic E-state index is 0.00110. The van der Waals surface area contributed by atoms with Crippen LogP contribution in [0.3, 0.4) is 0 Å². The van der Waals surface area contributed by atoms with E-state index < -0.39 is 0 Å². The highest BCUT2D eigenvalue weighted by Gasteiger charge is 2.35. The maximum Gasteiger partial charge on any atom is 0.272 e. The average Bonchev–Trinajstić information content (AvgIpc) is 3.23. The van der Waals surface area contributed by atoms with Crippen LogP contribution in [0.2, 0.25) is 0 Å². The number of rotatable bonds is 3. The predicted molar refractivity (Wildman–Crippen MR) is 89.1 cm³/mol. The molecule has 24 heavy (non-hydrogen) atoms. The van der Waals surface area contributed by atoms with E-state index in [2.05, 4.69) is 20.4 Å². The van der Waals surface area contributed by atoms with Crippen molar-refractivity contribution in [3.05, 3.63) is 34.0 Å². The molecule has 0 aromatic carbocycles. The molecule has 7 nitrogen and oxygen atoms in total. The fourth-order valence-corrected chi connectivity index (χ4v) is 3.92. The van der Waals surface area contributed by atoms with Gasteiger partial charge in [-0.2, -0.15) is 5.10 Å². The molecule has 2 aliphatic rings. The smallest absolute Gasteiger partial charge is 0.272 e. The van der Waals surface area contributed by atoms with E-state index in [1.165, 1.54) is 5.06 Å². The summed E-state index contributed by atoms with van der Waals surface area (Å²) in [6.07, 6.45) is 3.77. The maximum atomic E-state index is 12.9. The molecular weight excluding hydrogens is 326 g/mol. The first-order chi connectivity index (χ1) is 11.7. The minimum atomic E-state index is -0.332. The molecule has 0 N–H and O–H groups in total. The van der Waals surface area contributed by atoms with Crippen molar-refractivity contribution in [3.63, 3.8) is 0 Å². The number of hydrogen-bond donors (Lipinski definition) is 0. The normalized spacial score (nSPS) is 21.7.